The molecule has 2 aliphatic rings. The Morgan fingerprint density at radius 3 is 2.48 bits per heavy atom. The van der Waals surface area contributed by atoms with Gasteiger partial charge in [-0.2, -0.15) is 0 Å². The number of carbonyl (C=O) groups excluding carboxylic acids is 2. The largest absolute Gasteiger partial charge is 0.338 e. The molecule has 2 fully saturated rings. The standard InChI is InChI=1S/C22H33FN4O2/c1-15(20(24)21(28)27-12-11-18(23)14-27)17-7-9-19(10-8-17)26-22(29)25-13-16-5-3-2-4-6-16/h2-6,15,17-20H,7-14,24H2,1H3,(H2,25,26,29)/t15-,17?,18-,19?,20-/m0/s1. The van der Waals surface area contributed by atoms with E-state index in [0.29, 0.717) is 25.4 Å². The molecular weight excluding hydrogens is 371 g/mol. The molecule has 1 saturated heterocycles. The molecule has 7 heteroatoms. The van der Waals surface area contributed by atoms with Crippen LogP contribution in [0.3, 0.4) is 0 Å². The third-order valence-electron chi connectivity index (χ3n) is 6.44. The van der Waals surface area contributed by atoms with Gasteiger partial charge < -0.3 is 21.3 Å². The SMILES string of the molecule is C[C@@H](C1CCC(NC(=O)NCc2ccccc2)CC1)[C@H](N)C(=O)N1CC[C@H](F)C1. The predicted molar refractivity (Wildman–Crippen MR) is 111 cm³/mol. The minimum Gasteiger partial charge on any atom is -0.338 e. The highest BCUT2D eigenvalue weighted by atomic mass is 19.1. The zero-order valence-corrected chi connectivity index (χ0v) is 17.1. The molecule has 4 N–H and O–H groups in total. The van der Waals surface area contributed by atoms with Gasteiger partial charge in [0, 0.05) is 19.1 Å². The molecule has 0 unspecified atom stereocenters. The molecule has 3 amide bonds. The molecule has 0 aromatic heterocycles. The third kappa shape index (κ3) is 5.92. The fourth-order valence-corrected chi connectivity index (χ4v) is 4.45. The molecule has 160 valence electrons. The van der Waals surface area contributed by atoms with Crippen LogP contribution in [0, 0.1) is 11.8 Å². The highest BCUT2D eigenvalue weighted by Gasteiger charge is 2.35. The van der Waals surface area contributed by atoms with Gasteiger partial charge in [-0.05, 0) is 49.5 Å². The molecule has 3 rings (SSSR count). The lowest BCUT2D eigenvalue weighted by atomic mass is 9.76. The predicted octanol–water partition coefficient (Wildman–Crippen LogP) is 2.58. The highest BCUT2D eigenvalue weighted by molar-refractivity contribution is 5.82. The summed E-state index contributed by atoms with van der Waals surface area (Å²) in [7, 11) is 0. The first kappa shape index (κ1) is 21.6. The van der Waals surface area contributed by atoms with Crippen LogP contribution in [0.2, 0.25) is 0 Å². The van der Waals surface area contributed by atoms with Crippen LogP contribution in [-0.4, -0.2) is 48.2 Å². The van der Waals surface area contributed by atoms with Crippen molar-refractivity contribution in [2.24, 2.45) is 17.6 Å². The van der Waals surface area contributed by atoms with Crippen molar-refractivity contribution in [1.82, 2.24) is 15.5 Å². The Hall–Kier alpha value is -2.15. The zero-order valence-electron chi connectivity index (χ0n) is 17.1. The molecule has 0 radical (unpaired) electrons. The number of hydrogen-bond donors (Lipinski definition) is 3. The Morgan fingerprint density at radius 2 is 1.86 bits per heavy atom. The lowest BCUT2D eigenvalue weighted by Crippen LogP contribution is -2.49. The van der Waals surface area contributed by atoms with E-state index in [-0.39, 0.29) is 30.4 Å². The van der Waals surface area contributed by atoms with Gasteiger partial charge in [0.25, 0.3) is 0 Å². The topological polar surface area (TPSA) is 87.5 Å². The van der Waals surface area contributed by atoms with Crippen molar-refractivity contribution in [3.63, 3.8) is 0 Å². The van der Waals surface area contributed by atoms with Crippen LogP contribution in [0.15, 0.2) is 30.3 Å². The summed E-state index contributed by atoms with van der Waals surface area (Å²) in [6.45, 7) is 3.17. The summed E-state index contributed by atoms with van der Waals surface area (Å²) in [5.41, 5.74) is 7.30. The van der Waals surface area contributed by atoms with E-state index < -0.39 is 12.2 Å². The summed E-state index contributed by atoms with van der Waals surface area (Å²) in [6, 6.07) is 9.23. The number of rotatable bonds is 6. The summed E-state index contributed by atoms with van der Waals surface area (Å²) in [4.78, 5) is 26.3. The van der Waals surface area contributed by atoms with Gasteiger partial charge in [-0.25, -0.2) is 9.18 Å². The fourth-order valence-electron chi connectivity index (χ4n) is 4.45. The molecule has 1 aliphatic carbocycles. The smallest absolute Gasteiger partial charge is 0.315 e. The van der Waals surface area contributed by atoms with Crippen LogP contribution in [0.25, 0.3) is 0 Å². The molecule has 29 heavy (non-hydrogen) atoms. The average Bonchev–Trinajstić information content (AvgIpc) is 3.18. The Labute approximate surface area is 172 Å². The number of nitrogens with one attached hydrogen (secondary N) is 2. The van der Waals surface area contributed by atoms with E-state index in [2.05, 4.69) is 10.6 Å². The van der Waals surface area contributed by atoms with Crippen molar-refractivity contribution >= 4 is 11.9 Å². The van der Waals surface area contributed by atoms with Crippen LogP contribution < -0.4 is 16.4 Å². The maximum Gasteiger partial charge on any atom is 0.315 e. The van der Waals surface area contributed by atoms with E-state index in [0.717, 1.165) is 31.2 Å². The van der Waals surface area contributed by atoms with Crippen LogP contribution in [0.5, 0.6) is 0 Å². The van der Waals surface area contributed by atoms with Gasteiger partial charge in [-0.15, -0.1) is 0 Å². The monoisotopic (exact) mass is 404 g/mol. The van der Waals surface area contributed by atoms with Crippen molar-refractivity contribution in [3.05, 3.63) is 35.9 Å². The third-order valence-corrected chi connectivity index (χ3v) is 6.44. The second kappa shape index (κ2) is 10.1. The normalized spacial score (nSPS) is 26.6. The van der Waals surface area contributed by atoms with Gasteiger partial charge >= 0.3 is 6.03 Å². The van der Waals surface area contributed by atoms with Crippen LogP contribution >= 0.6 is 0 Å². The molecule has 1 aromatic rings. The number of alkyl halides is 1. The Bertz CT molecular complexity index is 679. The van der Waals surface area contributed by atoms with Crippen molar-refractivity contribution < 1.29 is 14.0 Å². The van der Waals surface area contributed by atoms with Gasteiger partial charge in [0.15, 0.2) is 0 Å². The Kier molecular flexibility index (Phi) is 7.47. The maximum absolute atomic E-state index is 13.4. The van der Waals surface area contributed by atoms with Crippen molar-refractivity contribution in [1.29, 1.82) is 0 Å². The number of amides is 3. The lowest BCUT2D eigenvalue weighted by molar-refractivity contribution is -0.133. The number of nitrogens with zero attached hydrogens (tertiary/aromatic N) is 1. The van der Waals surface area contributed by atoms with Gasteiger partial charge in [0.2, 0.25) is 5.91 Å². The summed E-state index contributed by atoms with van der Waals surface area (Å²) in [5.74, 6) is 0.273. The van der Waals surface area contributed by atoms with Gasteiger partial charge in [0.05, 0.1) is 12.6 Å². The number of urea groups is 1. The van der Waals surface area contributed by atoms with E-state index in [1.54, 1.807) is 4.90 Å². The maximum atomic E-state index is 13.4. The number of likely N-dealkylation sites (tertiary alicyclic amines) is 1. The van der Waals surface area contributed by atoms with Gasteiger partial charge in [-0.1, -0.05) is 37.3 Å². The minimum absolute atomic E-state index is 0.0500. The first-order chi connectivity index (χ1) is 13.9. The van der Waals surface area contributed by atoms with E-state index >= 15 is 0 Å². The molecule has 1 aromatic carbocycles. The second-order valence-corrected chi connectivity index (χ2v) is 8.48. The zero-order chi connectivity index (χ0) is 20.8. The Morgan fingerprint density at radius 1 is 1.17 bits per heavy atom. The van der Waals surface area contributed by atoms with Crippen LogP contribution in [0.4, 0.5) is 9.18 Å². The number of benzene rings is 1. The molecule has 0 spiro atoms. The first-order valence-electron chi connectivity index (χ1n) is 10.7. The molecule has 1 heterocycles. The number of carbonyl (C=O) groups is 2. The molecule has 1 aliphatic heterocycles. The van der Waals surface area contributed by atoms with E-state index in [4.69, 9.17) is 5.73 Å². The summed E-state index contributed by atoms with van der Waals surface area (Å²) in [5, 5.41) is 5.95. The van der Waals surface area contributed by atoms with Crippen LogP contribution in [0.1, 0.15) is 44.6 Å². The van der Waals surface area contributed by atoms with E-state index in [1.165, 1.54) is 0 Å². The molecule has 3 atom stereocenters. The molecule has 6 nitrogen and oxygen atoms in total. The quantitative estimate of drug-likeness (QED) is 0.681. The van der Waals surface area contributed by atoms with Crippen LogP contribution in [-0.2, 0) is 11.3 Å². The summed E-state index contributed by atoms with van der Waals surface area (Å²) >= 11 is 0. The summed E-state index contributed by atoms with van der Waals surface area (Å²) in [6.07, 6.45) is 3.11. The van der Waals surface area contributed by atoms with Gasteiger partial charge in [0.1, 0.15) is 6.17 Å². The number of nitrogens with two attached hydrogens (primary N) is 1. The highest BCUT2D eigenvalue weighted by Crippen LogP contribution is 2.32. The second-order valence-electron chi connectivity index (χ2n) is 8.48. The molecule has 0 bridgehead atoms. The Balaban J connectivity index is 1.39. The van der Waals surface area contributed by atoms with Crippen molar-refractivity contribution in [2.75, 3.05) is 13.1 Å². The van der Waals surface area contributed by atoms with Crippen molar-refractivity contribution in [3.8, 4) is 0 Å². The van der Waals surface area contributed by atoms with E-state index in [1.807, 2.05) is 37.3 Å². The fraction of sp³-hybridized carbons (Fsp3) is 0.636. The lowest BCUT2D eigenvalue weighted by Gasteiger charge is -2.35. The minimum atomic E-state index is -0.920. The van der Waals surface area contributed by atoms with Crippen molar-refractivity contribution in [2.45, 2.75) is 63.8 Å². The first-order valence-corrected chi connectivity index (χ1v) is 10.7. The number of hydrogen-bond acceptors (Lipinski definition) is 3. The average molecular weight is 405 g/mol. The number of halogens is 1. The van der Waals surface area contributed by atoms with E-state index in [9.17, 15) is 14.0 Å². The van der Waals surface area contributed by atoms with Gasteiger partial charge in [-0.3, -0.25) is 4.79 Å². The molecular formula is C22H33FN4O2. The molecule has 1 saturated carbocycles. The summed E-state index contributed by atoms with van der Waals surface area (Å²) < 4.78 is 13.4.